The molecular formula is C15H23NO. The van der Waals surface area contributed by atoms with Crippen molar-refractivity contribution in [3.8, 4) is 0 Å². The maximum atomic E-state index is 5.27. The van der Waals surface area contributed by atoms with Crippen molar-refractivity contribution >= 4 is 0 Å². The van der Waals surface area contributed by atoms with Crippen LogP contribution in [0.25, 0.3) is 0 Å². The predicted octanol–water partition coefficient (Wildman–Crippen LogP) is 3.85. The summed E-state index contributed by atoms with van der Waals surface area (Å²) in [4.78, 5) is 2.76. The summed E-state index contributed by atoms with van der Waals surface area (Å²) in [6, 6.07) is 3.56. The van der Waals surface area contributed by atoms with Crippen LogP contribution in [0.4, 0.5) is 0 Å². The van der Waals surface area contributed by atoms with E-state index >= 15 is 0 Å². The van der Waals surface area contributed by atoms with Crippen LogP contribution in [0.2, 0.25) is 0 Å². The molecule has 0 spiro atoms. The second kappa shape index (κ2) is 4.49. The molecule has 0 aliphatic carbocycles. The summed E-state index contributed by atoms with van der Waals surface area (Å²) in [6.45, 7) is 6.09. The second-order valence-electron chi connectivity index (χ2n) is 6.07. The monoisotopic (exact) mass is 233 g/mol. The number of nitrogens with zero attached hydrogens (tertiary/aromatic N) is 1. The minimum Gasteiger partial charge on any atom is -0.472 e. The Morgan fingerprint density at radius 3 is 2.82 bits per heavy atom. The molecule has 0 saturated carbocycles. The molecule has 94 valence electrons. The number of rotatable bonds is 1. The Labute approximate surface area is 104 Å². The highest BCUT2D eigenvalue weighted by Gasteiger charge is 2.38. The number of hydrogen-bond acceptors (Lipinski definition) is 2. The van der Waals surface area contributed by atoms with Gasteiger partial charge < -0.3 is 4.42 Å². The van der Waals surface area contributed by atoms with Gasteiger partial charge in [0.25, 0.3) is 0 Å². The van der Waals surface area contributed by atoms with Crippen molar-refractivity contribution in [1.82, 2.24) is 4.90 Å². The molecule has 0 bridgehead atoms. The third-order valence-corrected chi connectivity index (χ3v) is 4.78. The van der Waals surface area contributed by atoms with E-state index < -0.39 is 0 Å². The lowest BCUT2D eigenvalue weighted by Crippen LogP contribution is -2.50. The van der Waals surface area contributed by atoms with E-state index in [2.05, 4.69) is 24.8 Å². The van der Waals surface area contributed by atoms with Crippen LogP contribution in [-0.4, -0.2) is 17.5 Å². The van der Waals surface area contributed by atoms with E-state index in [0.29, 0.717) is 6.04 Å². The van der Waals surface area contributed by atoms with Gasteiger partial charge in [-0.1, -0.05) is 13.8 Å². The molecule has 1 aromatic heterocycles. The first-order valence-electron chi connectivity index (χ1n) is 7.03. The van der Waals surface area contributed by atoms with Gasteiger partial charge in [-0.05, 0) is 43.6 Å². The van der Waals surface area contributed by atoms with Crippen molar-refractivity contribution in [2.75, 3.05) is 6.54 Å². The molecule has 0 N–H and O–H groups in total. The molecule has 4 atom stereocenters. The van der Waals surface area contributed by atoms with Gasteiger partial charge in [0.2, 0.25) is 0 Å². The molecular weight excluding hydrogens is 210 g/mol. The molecule has 3 rings (SSSR count). The fourth-order valence-corrected chi connectivity index (χ4v) is 3.78. The zero-order chi connectivity index (χ0) is 11.8. The van der Waals surface area contributed by atoms with E-state index in [1.54, 1.807) is 0 Å². The van der Waals surface area contributed by atoms with Gasteiger partial charge >= 0.3 is 0 Å². The molecule has 2 fully saturated rings. The Bertz CT molecular complexity index is 359. The van der Waals surface area contributed by atoms with Gasteiger partial charge in [-0.2, -0.15) is 0 Å². The largest absolute Gasteiger partial charge is 0.472 e. The first kappa shape index (κ1) is 11.3. The van der Waals surface area contributed by atoms with E-state index in [-0.39, 0.29) is 0 Å². The van der Waals surface area contributed by atoms with E-state index in [1.165, 1.54) is 37.8 Å². The molecule has 2 saturated heterocycles. The summed E-state index contributed by atoms with van der Waals surface area (Å²) in [7, 11) is 0. The number of piperidine rings is 2. The summed E-state index contributed by atoms with van der Waals surface area (Å²) in [5.41, 5.74) is 1.39. The highest BCUT2D eigenvalue weighted by Crippen LogP contribution is 2.42. The standard InChI is InChI=1S/C15H23NO/c1-11-3-5-14-12(2)4-6-15(16(14)9-11)13-7-8-17-10-13/h7-8,10-12,14-15H,3-6,9H2,1-2H3/t11-,12+,14-,15-/m1/s1. The van der Waals surface area contributed by atoms with Crippen molar-refractivity contribution < 1.29 is 4.42 Å². The minimum atomic E-state index is 0.609. The van der Waals surface area contributed by atoms with Crippen molar-refractivity contribution in [2.24, 2.45) is 11.8 Å². The summed E-state index contributed by atoms with van der Waals surface area (Å²) in [6.07, 6.45) is 9.21. The third kappa shape index (κ3) is 2.03. The highest BCUT2D eigenvalue weighted by atomic mass is 16.3. The maximum Gasteiger partial charge on any atom is 0.0950 e. The highest BCUT2D eigenvalue weighted by molar-refractivity contribution is 5.14. The number of furan rings is 1. The van der Waals surface area contributed by atoms with Crippen LogP contribution in [0.1, 0.15) is 51.1 Å². The second-order valence-corrected chi connectivity index (χ2v) is 6.07. The maximum absolute atomic E-state index is 5.27. The molecule has 2 aliphatic heterocycles. The molecule has 2 heteroatoms. The number of hydrogen-bond donors (Lipinski definition) is 0. The quantitative estimate of drug-likeness (QED) is 0.732. The Morgan fingerprint density at radius 2 is 2.06 bits per heavy atom. The van der Waals surface area contributed by atoms with Gasteiger partial charge in [0.15, 0.2) is 0 Å². The van der Waals surface area contributed by atoms with E-state index in [1.807, 2.05) is 12.5 Å². The van der Waals surface area contributed by atoms with E-state index in [4.69, 9.17) is 4.42 Å². The third-order valence-electron chi connectivity index (χ3n) is 4.78. The Kier molecular flexibility index (Phi) is 2.99. The molecule has 0 amide bonds. The topological polar surface area (TPSA) is 16.4 Å². The molecule has 2 aliphatic rings. The predicted molar refractivity (Wildman–Crippen MR) is 68.7 cm³/mol. The lowest BCUT2D eigenvalue weighted by molar-refractivity contribution is -0.00172. The SMILES string of the molecule is C[C@@H]1CC[C@@H]2[C@@H](C)CC[C@H](c3ccoc3)N2C1. The average Bonchev–Trinajstić information content (AvgIpc) is 2.83. The summed E-state index contributed by atoms with van der Waals surface area (Å²) >= 11 is 0. The number of fused-ring (bicyclic) bond motifs is 1. The van der Waals surface area contributed by atoms with Gasteiger partial charge in [-0.3, -0.25) is 4.90 Å². The molecule has 0 unspecified atom stereocenters. The first-order chi connectivity index (χ1) is 8.25. The van der Waals surface area contributed by atoms with Crippen LogP contribution < -0.4 is 0 Å². The summed E-state index contributed by atoms with van der Waals surface area (Å²) in [5.74, 6) is 1.72. The zero-order valence-electron chi connectivity index (χ0n) is 10.9. The molecule has 17 heavy (non-hydrogen) atoms. The van der Waals surface area contributed by atoms with Gasteiger partial charge in [-0.15, -0.1) is 0 Å². The summed E-state index contributed by atoms with van der Waals surface area (Å²) in [5, 5.41) is 0. The van der Waals surface area contributed by atoms with Crippen LogP contribution in [0, 0.1) is 11.8 Å². The lowest BCUT2D eigenvalue weighted by atomic mass is 9.78. The Hall–Kier alpha value is -0.760. The van der Waals surface area contributed by atoms with Crippen molar-refractivity contribution in [3.05, 3.63) is 24.2 Å². The van der Waals surface area contributed by atoms with E-state index in [0.717, 1.165) is 17.9 Å². The van der Waals surface area contributed by atoms with Crippen molar-refractivity contribution in [2.45, 2.75) is 51.6 Å². The van der Waals surface area contributed by atoms with Gasteiger partial charge in [0.05, 0.1) is 12.5 Å². The zero-order valence-corrected chi connectivity index (χ0v) is 10.9. The van der Waals surface area contributed by atoms with Gasteiger partial charge in [0, 0.05) is 24.2 Å². The Balaban J connectivity index is 1.84. The van der Waals surface area contributed by atoms with Gasteiger partial charge in [-0.25, -0.2) is 0 Å². The van der Waals surface area contributed by atoms with Crippen molar-refractivity contribution in [1.29, 1.82) is 0 Å². The average molecular weight is 233 g/mol. The van der Waals surface area contributed by atoms with Crippen LogP contribution in [-0.2, 0) is 0 Å². The smallest absolute Gasteiger partial charge is 0.0950 e. The van der Waals surface area contributed by atoms with Crippen LogP contribution >= 0.6 is 0 Å². The van der Waals surface area contributed by atoms with Crippen LogP contribution in [0.5, 0.6) is 0 Å². The Morgan fingerprint density at radius 1 is 1.18 bits per heavy atom. The van der Waals surface area contributed by atoms with Crippen molar-refractivity contribution in [3.63, 3.8) is 0 Å². The molecule has 2 nitrogen and oxygen atoms in total. The fourth-order valence-electron chi connectivity index (χ4n) is 3.78. The molecule has 0 radical (unpaired) electrons. The molecule has 0 aromatic carbocycles. The summed E-state index contributed by atoms with van der Waals surface area (Å²) < 4.78 is 5.27. The lowest BCUT2D eigenvalue weighted by Gasteiger charge is -2.49. The van der Waals surface area contributed by atoms with Gasteiger partial charge in [0.1, 0.15) is 0 Å². The van der Waals surface area contributed by atoms with Crippen LogP contribution in [0.3, 0.4) is 0 Å². The fraction of sp³-hybridized carbons (Fsp3) is 0.733. The normalized spacial score (nSPS) is 38.9. The van der Waals surface area contributed by atoms with Crippen LogP contribution in [0.15, 0.2) is 23.0 Å². The molecule has 3 heterocycles. The minimum absolute atomic E-state index is 0.609. The molecule has 1 aromatic rings. The first-order valence-corrected chi connectivity index (χ1v) is 7.03. The van der Waals surface area contributed by atoms with E-state index in [9.17, 15) is 0 Å².